The monoisotopic (exact) mass is 190 g/mol. The minimum atomic E-state index is 0.150. The van der Waals surface area contributed by atoms with Gasteiger partial charge < -0.3 is 15.8 Å². The largest absolute Gasteiger partial charge is 0.508 e. The lowest BCUT2D eigenvalue weighted by atomic mass is 10.2. The third kappa shape index (κ3) is 1.72. The van der Waals surface area contributed by atoms with Gasteiger partial charge in [0.05, 0.1) is 0 Å². The first kappa shape index (κ1) is 9.09. The van der Waals surface area contributed by atoms with E-state index < -0.39 is 0 Å². The molecule has 0 fully saturated rings. The van der Waals surface area contributed by atoms with Crippen LogP contribution in [-0.2, 0) is 6.42 Å². The van der Waals surface area contributed by atoms with E-state index in [1.807, 2.05) is 19.1 Å². The highest BCUT2D eigenvalue weighted by Gasteiger charge is 2.03. The first-order chi connectivity index (χ1) is 6.65. The molecule has 0 aliphatic carbocycles. The number of aromatic hydroxyl groups is 1. The molecule has 0 radical (unpaired) electrons. The van der Waals surface area contributed by atoms with Crippen LogP contribution in [0.2, 0.25) is 0 Å². The Morgan fingerprint density at radius 3 is 2.93 bits per heavy atom. The van der Waals surface area contributed by atoms with Gasteiger partial charge >= 0.3 is 0 Å². The first-order valence-corrected chi connectivity index (χ1v) is 4.71. The number of rotatable bonds is 2. The van der Waals surface area contributed by atoms with Crippen LogP contribution < -0.4 is 5.73 Å². The zero-order chi connectivity index (χ0) is 10.1. The van der Waals surface area contributed by atoms with Crippen molar-refractivity contribution in [1.29, 1.82) is 0 Å². The summed E-state index contributed by atoms with van der Waals surface area (Å²) >= 11 is 0. The quantitative estimate of drug-likeness (QED) is 0.675. The van der Waals surface area contributed by atoms with Crippen molar-refractivity contribution < 1.29 is 5.11 Å². The lowest BCUT2D eigenvalue weighted by Crippen LogP contribution is -2.17. The van der Waals surface area contributed by atoms with Gasteiger partial charge in [0, 0.05) is 29.1 Å². The fraction of sp³-hybridized carbons (Fsp3) is 0.273. The number of aromatic amines is 1. The molecule has 0 spiro atoms. The van der Waals surface area contributed by atoms with E-state index in [9.17, 15) is 5.11 Å². The van der Waals surface area contributed by atoms with E-state index in [1.54, 1.807) is 12.1 Å². The van der Waals surface area contributed by atoms with E-state index in [1.165, 1.54) is 0 Å². The maximum Gasteiger partial charge on any atom is 0.116 e. The van der Waals surface area contributed by atoms with E-state index in [0.29, 0.717) is 5.75 Å². The van der Waals surface area contributed by atoms with Crippen molar-refractivity contribution in [3.8, 4) is 5.75 Å². The summed E-state index contributed by atoms with van der Waals surface area (Å²) in [6, 6.07) is 7.47. The molecule has 0 bridgehead atoms. The number of H-pyrrole nitrogens is 1. The Hall–Kier alpha value is -1.48. The molecule has 0 saturated heterocycles. The first-order valence-electron chi connectivity index (χ1n) is 4.71. The summed E-state index contributed by atoms with van der Waals surface area (Å²) < 4.78 is 0. The van der Waals surface area contributed by atoms with Crippen molar-refractivity contribution in [1.82, 2.24) is 4.98 Å². The van der Waals surface area contributed by atoms with Crippen LogP contribution in [0.15, 0.2) is 24.3 Å². The molecule has 2 rings (SSSR count). The van der Waals surface area contributed by atoms with Crippen molar-refractivity contribution in [3.63, 3.8) is 0 Å². The topological polar surface area (TPSA) is 62.0 Å². The van der Waals surface area contributed by atoms with Gasteiger partial charge in [-0.05, 0) is 31.2 Å². The van der Waals surface area contributed by atoms with Crippen LogP contribution in [0.5, 0.6) is 5.75 Å². The van der Waals surface area contributed by atoms with Gasteiger partial charge in [0.15, 0.2) is 0 Å². The smallest absolute Gasteiger partial charge is 0.116 e. The minimum absolute atomic E-state index is 0.150. The maximum atomic E-state index is 9.28. The molecule has 1 unspecified atom stereocenters. The van der Waals surface area contributed by atoms with Crippen molar-refractivity contribution in [2.45, 2.75) is 19.4 Å². The fourth-order valence-corrected chi connectivity index (χ4v) is 1.64. The number of benzene rings is 1. The molecule has 74 valence electrons. The van der Waals surface area contributed by atoms with Gasteiger partial charge in [-0.2, -0.15) is 0 Å². The average molecular weight is 190 g/mol. The second-order valence-electron chi connectivity index (χ2n) is 3.75. The number of nitrogens with one attached hydrogen (secondary N) is 1. The summed E-state index contributed by atoms with van der Waals surface area (Å²) in [7, 11) is 0. The zero-order valence-corrected chi connectivity index (χ0v) is 8.12. The lowest BCUT2D eigenvalue weighted by Gasteiger charge is -2.00. The van der Waals surface area contributed by atoms with Crippen LogP contribution in [0.25, 0.3) is 10.9 Å². The van der Waals surface area contributed by atoms with Crippen LogP contribution in [0, 0.1) is 0 Å². The van der Waals surface area contributed by atoms with Gasteiger partial charge in [0.2, 0.25) is 0 Å². The zero-order valence-electron chi connectivity index (χ0n) is 8.12. The highest BCUT2D eigenvalue weighted by atomic mass is 16.3. The predicted octanol–water partition coefficient (Wildman–Crippen LogP) is 1.76. The Kier molecular flexibility index (Phi) is 2.17. The Morgan fingerprint density at radius 2 is 2.21 bits per heavy atom. The molecule has 4 N–H and O–H groups in total. The Bertz CT molecular complexity index is 445. The highest BCUT2D eigenvalue weighted by molar-refractivity contribution is 5.81. The number of aromatic nitrogens is 1. The van der Waals surface area contributed by atoms with E-state index in [-0.39, 0.29) is 6.04 Å². The van der Waals surface area contributed by atoms with Crippen LogP contribution in [0.4, 0.5) is 0 Å². The molecular weight excluding hydrogens is 176 g/mol. The van der Waals surface area contributed by atoms with Gasteiger partial charge in [-0.15, -0.1) is 0 Å². The number of hydrogen-bond donors (Lipinski definition) is 3. The van der Waals surface area contributed by atoms with Crippen LogP contribution in [0.1, 0.15) is 12.6 Å². The van der Waals surface area contributed by atoms with Crippen LogP contribution in [-0.4, -0.2) is 16.1 Å². The summed E-state index contributed by atoms with van der Waals surface area (Å²) in [5, 5.41) is 10.3. The number of phenolic OH excluding ortho intramolecular Hbond substituents is 1. The van der Waals surface area contributed by atoms with Gasteiger partial charge in [0.25, 0.3) is 0 Å². The molecule has 14 heavy (non-hydrogen) atoms. The van der Waals surface area contributed by atoms with Gasteiger partial charge in [0.1, 0.15) is 5.75 Å². The standard InChI is InChI=1S/C11H14N2O/c1-7(12)4-9-5-8-6-10(14)2-3-11(8)13-9/h2-3,5-7,13-14H,4,12H2,1H3. The molecule has 0 amide bonds. The second-order valence-corrected chi connectivity index (χ2v) is 3.75. The average Bonchev–Trinajstić information content (AvgIpc) is 2.44. The Morgan fingerprint density at radius 1 is 1.43 bits per heavy atom. The molecule has 1 heterocycles. The Labute approximate surface area is 82.6 Å². The number of nitrogens with two attached hydrogens (primary N) is 1. The minimum Gasteiger partial charge on any atom is -0.508 e. The van der Waals surface area contributed by atoms with Gasteiger partial charge in [-0.3, -0.25) is 0 Å². The molecule has 0 aliphatic rings. The highest BCUT2D eigenvalue weighted by Crippen LogP contribution is 2.20. The van der Waals surface area contributed by atoms with Gasteiger partial charge in [-0.25, -0.2) is 0 Å². The summed E-state index contributed by atoms with van der Waals surface area (Å²) in [5.41, 5.74) is 7.86. The van der Waals surface area contributed by atoms with Crippen molar-refractivity contribution in [2.75, 3.05) is 0 Å². The molecule has 3 heteroatoms. The van der Waals surface area contributed by atoms with Crippen LogP contribution >= 0.6 is 0 Å². The summed E-state index contributed by atoms with van der Waals surface area (Å²) in [4.78, 5) is 3.26. The SMILES string of the molecule is CC(N)Cc1cc2cc(O)ccc2[nH]1. The molecule has 0 saturated carbocycles. The van der Waals surface area contributed by atoms with E-state index in [4.69, 9.17) is 5.73 Å². The van der Waals surface area contributed by atoms with Gasteiger partial charge in [-0.1, -0.05) is 0 Å². The lowest BCUT2D eigenvalue weighted by molar-refractivity contribution is 0.476. The third-order valence-electron chi connectivity index (χ3n) is 2.20. The van der Waals surface area contributed by atoms with E-state index in [0.717, 1.165) is 23.0 Å². The number of hydrogen-bond acceptors (Lipinski definition) is 2. The molecule has 1 aromatic carbocycles. The molecule has 3 nitrogen and oxygen atoms in total. The van der Waals surface area contributed by atoms with E-state index >= 15 is 0 Å². The van der Waals surface area contributed by atoms with Crippen molar-refractivity contribution in [2.24, 2.45) is 5.73 Å². The summed E-state index contributed by atoms with van der Waals surface area (Å²) in [6.07, 6.45) is 0.829. The Balaban J connectivity index is 2.41. The second kappa shape index (κ2) is 3.35. The molecule has 0 aliphatic heterocycles. The van der Waals surface area contributed by atoms with Crippen molar-refractivity contribution in [3.05, 3.63) is 30.0 Å². The summed E-state index contributed by atoms with van der Waals surface area (Å²) in [5.74, 6) is 0.295. The van der Waals surface area contributed by atoms with Crippen LogP contribution in [0.3, 0.4) is 0 Å². The number of fused-ring (bicyclic) bond motifs is 1. The predicted molar refractivity (Wildman–Crippen MR) is 57.3 cm³/mol. The number of phenols is 1. The normalized spacial score (nSPS) is 13.3. The fourth-order valence-electron chi connectivity index (χ4n) is 1.64. The van der Waals surface area contributed by atoms with E-state index in [2.05, 4.69) is 4.98 Å². The molecule has 1 aromatic heterocycles. The maximum absolute atomic E-state index is 9.28. The van der Waals surface area contributed by atoms with Crippen molar-refractivity contribution >= 4 is 10.9 Å². The molecule has 2 aromatic rings. The molecule has 1 atom stereocenters. The molecular formula is C11H14N2O. The summed E-state index contributed by atoms with van der Waals surface area (Å²) in [6.45, 7) is 1.98. The third-order valence-corrected chi connectivity index (χ3v) is 2.20.